The number of aliphatic imine (C=N–C) groups is 1. The SMILES string of the molecule is CN(C)C(=O)CNC(=NCc1ccc(Cl)cc1Cl)NC1CCCC1. The fourth-order valence-corrected chi connectivity index (χ4v) is 3.02. The van der Waals surface area contributed by atoms with E-state index < -0.39 is 0 Å². The van der Waals surface area contributed by atoms with Gasteiger partial charge in [0.1, 0.15) is 0 Å². The van der Waals surface area contributed by atoms with Crippen LogP contribution in [0.3, 0.4) is 0 Å². The molecule has 1 amide bonds. The van der Waals surface area contributed by atoms with Crippen LogP contribution in [-0.2, 0) is 11.3 Å². The number of amides is 1. The van der Waals surface area contributed by atoms with E-state index in [9.17, 15) is 4.79 Å². The third-order valence-corrected chi connectivity index (χ3v) is 4.61. The van der Waals surface area contributed by atoms with E-state index in [0.717, 1.165) is 18.4 Å². The molecule has 24 heavy (non-hydrogen) atoms. The third kappa shape index (κ3) is 5.87. The molecule has 2 N–H and O–H groups in total. The van der Waals surface area contributed by atoms with Crippen molar-refractivity contribution in [3.05, 3.63) is 33.8 Å². The van der Waals surface area contributed by atoms with Crippen LogP contribution in [0.15, 0.2) is 23.2 Å². The van der Waals surface area contributed by atoms with Crippen molar-refractivity contribution in [2.75, 3.05) is 20.6 Å². The smallest absolute Gasteiger partial charge is 0.241 e. The van der Waals surface area contributed by atoms with Crippen LogP contribution in [0.25, 0.3) is 0 Å². The maximum Gasteiger partial charge on any atom is 0.241 e. The van der Waals surface area contributed by atoms with Gasteiger partial charge in [0.05, 0.1) is 13.1 Å². The molecule has 0 heterocycles. The Bertz CT molecular complexity index is 598. The second-order valence-corrected chi connectivity index (χ2v) is 7.01. The number of hydrogen-bond donors (Lipinski definition) is 2. The number of carbonyl (C=O) groups is 1. The second-order valence-electron chi connectivity index (χ2n) is 6.17. The average molecular weight is 371 g/mol. The summed E-state index contributed by atoms with van der Waals surface area (Å²) in [6.45, 7) is 0.633. The van der Waals surface area contributed by atoms with Crippen LogP contribution >= 0.6 is 23.2 Å². The van der Waals surface area contributed by atoms with Crippen LogP contribution in [0.5, 0.6) is 0 Å². The zero-order chi connectivity index (χ0) is 17.5. The van der Waals surface area contributed by atoms with Crippen molar-refractivity contribution >= 4 is 35.1 Å². The summed E-state index contributed by atoms with van der Waals surface area (Å²) in [7, 11) is 3.47. The number of nitrogens with zero attached hydrogens (tertiary/aromatic N) is 2. The molecule has 132 valence electrons. The van der Waals surface area contributed by atoms with Crippen molar-refractivity contribution < 1.29 is 4.79 Å². The van der Waals surface area contributed by atoms with Gasteiger partial charge in [0.25, 0.3) is 0 Å². The van der Waals surface area contributed by atoms with E-state index in [0.29, 0.717) is 28.6 Å². The quantitative estimate of drug-likeness (QED) is 0.618. The van der Waals surface area contributed by atoms with Gasteiger partial charge in [-0.3, -0.25) is 4.79 Å². The molecular formula is C17H24Cl2N4O. The van der Waals surface area contributed by atoms with Gasteiger partial charge in [-0.2, -0.15) is 0 Å². The Morgan fingerprint density at radius 2 is 2.00 bits per heavy atom. The van der Waals surface area contributed by atoms with Gasteiger partial charge in [0, 0.05) is 30.2 Å². The maximum absolute atomic E-state index is 11.8. The number of halogens is 2. The van der Waals surface area contributed by atoms with Crippen molar-refractivity contribution in [2.45, 2.75) is 38.3 Å². The molecule has 0 saturated heterocycles. The predicted molar refractivity (Wildman–Crippen MR) is 99.7 cm³/mol. The maximum atomic E-state index is 11.8. The molecule has 1 aliphatic rings. The molecule has 5 nitrogen and oxygen atoms in total. The van der Waals surface area contributed by atoms with E-state index in [2.05, 4.69) is 15.6 Å². The number of likely N-dealkylation sites (N-methyl/N-ethyl adjacent to an activating group) is 1. The molecule has 7 heteroatoms. The number of hydrogen-bond acceptors (Lipinski definition) is 2. The summed E-state index contributed by atoms with van der Waals surface area (Å²) in [6.07, 6.45) is 4.71. The molecule has 0 unspecified atom stereocenters. The molecule has 0 aromatic heterocycles. The first-order chi connectivity index (χ1) is 11.5. The summed E-state index contributed by atoms with van der Waals surface area (Å²) in [5, 5.41) is 7.71. The number of carbonyl (C=O) groups excluding carboxylic acids is 1. The molecule has 1 aliphatic carbocycles. The summed E-state index contributed by atoms with van der Waals surface area (Å²) in [5.41, 5.74) is 0.896. The summed E-state index contributed by atoms with van der Waals surface area (Å²) in [6, 6.07) is 5.78. The Morgan fingerprint density at radius 3 is 2.62 bits per heavy atom. The topological polar surface area (TPSA) is 56.7 Å². The van der Waals surface area contributed by atoms with Gasteiger partial charge in [-0.25, -0.2) is 4.99 Å². The normalized spacial score (nSPS) is 15.4. The molecule has 0 atom stereocenters. The summed E-state index contributed by atoms with van der Waals surface area (Å²) < 4.78 is 0. The van der Waals surface area contributed by atoms with Crippen LogP contribution in [0.4, 0.5) is 0 Å². The standard InChI is InChI=1S/C17H24Cl2N4O/c1-23(2)16(24)11-21-17(22-14-5-3-4-6-14)20-10-12-7-8-13(18)9-15(12)19/h7-9,14H,3-6,10-11H2,1-2H3,(H2,20,21,22). The van der Waals surface area contributed by atoms with E-state index in [1.807, 2.05) is 6.07 Å². The van der Waals surface area contributed by atoms with Crippen LogP contribution in [0, 0.1) is 0 Å². The van der Waals surface area contributed by atoms with Crippen LogP contribution in [0.2, 0.25) is 10.0 Å². The number of rotatable bonds is 5. The predicted octanol–water partition coefficient (Wildman–Crippen LogP) is 3.06. The van der Waals surface area contributed by atoms with Crippen molar-refractivity contribution in [2.24, 2.45) is 4.99 Å². The molecule has 0 bridgehead atoms. The highest BCUT2D eigenvalue weighted by Gasteiger charge is 2.16. The lowest BCUT2D eigenvalue weighted by Gasteiger charge is -2.18. The Labute approximate surface area is 153 Å². The lowest BCUT2D eigenvalue weighted by Crippen LogP contribution is -2.46. The molecule has 0 radical (unpaired) electrons. The van der Waals surface area contributed by atoms with E-state index in [1.165, 1.54) is 12.8 Å². The molecule has 1 aromatic carbocycles. The lowest BCUT2D eigenvalue weighted by atomic mass is 10.2. The monoisotopic (exact) mass is 370 g/mol. The number of nitrogens with one attached hydrogen (secondary N) is 2. The van der Waals surface area contributed by atoms with Crippen molar-refractivity contribution in [1.82, 2.24) is 15.5 Å². The minimum Gasteiger partial charge on any atom is -0.354 e. The first-order valence-corrected chi connectivity index (χ1v) is 8.90. The molecule has 0 spiro atoms. The number of benzene rings is 1. The van der Waals surface area contributed by atoms with Crippen molar-refractivity contribution in [3.8, 4) is 0 Å². The lowest BCUT2D eigenvalue weighted by molar-refractivity contribution is -0.127. The molecule has 1 fully saturated rings. The Kier molecular flexibility index (Phi) is 7.18. The molecule has 1 saturated carbocycles. The first-order valence-electron chi connectivity index (χ1n) is 8.14. The van der Waals surface area contributed by atoms with Gasteiger partial charge in [0.2, 0.25) is 5.91 Å². The van der Waals surface area contributed by atoms with Crippen molar-refractivity contribution in [1.29, 1.82) is 0 Å². The fraction of sp³-hybridized carbons (Fsp3) is 0.529. The van der Waals surface area contributed by atoms with E-state index in [1.54, 1.807) is 31.1 Å². The van der Waals surface area contributed by atoms with Gasteiger partial charge in [-0.15, -0.1) is 0 Å². The highest BCUT2D eigenvalue weighted by Crippen LogP contribution is 2.21. The molecule has 1 aromatic rings. The van der Waals surface area contributed by atoms with E-state index >= 15 is 0 Å². The van der Waals surface area contributed by atoms with E-state index in [-0.39, 0.29) is 12.5 Å². The van der Waals surface area contributed by atoms with Crippen LogP contribution < -0.4 is 10.6 Å². The van der Waals surface area contributed by atoms with Gasteiger partial charge in [-0.05, 0) is 30.5 Å². The zero-order valence-electron chi connectivity index (χ0n) is 14.1. The number of guanidine groups is 1. The third-order valence-electron chi connectivity index (χ3n) is 4.02. The second kappa shape index (κ2) is 9.14. The Balaban J connectivity index is 2.03. The van der Waals surface area contributed by atoms with Crippen LogP contribution in [-0.4, -0.2) is 43.4 Å². The minimum atomic E-state index is 0.000414. The fourth-order valence-electron chi connectivity index (χ4n) is 2.55. The van der Waals surface area contributed by atoms with E-state index in [4.69, 9.17) is 23.2 Å². The first kappa shape index (κ1) is 18.9. The van der Waals surface area contributed by atoms with Gasteiger partial charge in [0.15, 0.2) is 5.96 Å². The Hall–Kier alpha value is -1.46. The average Bonchev–Trinajstić information content (AvgIpc) is 3.03. The van der Waals surface area contributed by atoms with Crippen LogP contribution in [0.1, 0.15) is 31.2 Å². The summed E-state index contributed by atoms with van der Waals surface area (Å²) in [4.78, 5) is 17.9. The van der Waals surface area contributed by atoms with Crippen molar-refractivity contribution in [3.63, 3.8) is 0 Å². The largest absolute Gasteiger partial charge is 0.354 e. The Morgan fingerprint density at radius 1 is 1.29 bits per heavy atom. The molecule has 2 rings (SSSR count). The minimum absolute atomic E-state index is 0.000414. The van der Waals surface area contributed by atoms with Gasteiger partial charge >= 0.3 is 0 Å². The zero-order valence-corrected chi connectivity index (χ0v) is 15.6. The highest BCUT2D eigenvalue weighted by atomic mass is 35.5. The van der Waals surface area contributed by atoms with Gasteiger partial charge in [-0.1, -0.05) is 42.1 Å². The highest BCUT2D eigenvalue weighted by molar-refractivity contribution is 6.35. The van der Waals surface area contributed by atoms with Gasteiger partial charge < -0.3 is 15.5 Å². The molecule has 0 aliphatic heterocycles. The summed E-state index contributed by atoms with van der Waals surface area (Å²) >= 11 is 12.1. The molecular weight excluding hydrogens is 347 g/mol. The summed E-state index contributed by atoms with van der Waals surface area (Å²) in [5.74, 6) is 0.642.